The van der Waals surface area contributed by atoms with Crippen molar-refractivity contribution in [1.82, 2.24) is 4.90 Å². The zero-order valence-corrected chi connectivity index (χ0v) is 26.9. The van der Waals surface area contributed by atoms with E-state index >= 15 is 0 Å². The average Bonchev–Trinajstić information content (AvgIpc) is 2.94. The van der Waals surface area contributed by atoms with E-state index < -0.39 is 0 Å². The minimum Gasteiger partial charge on any atom is -0.466 e. The number of hydrogen-bond donors (Lipinski definition) is 1. The van der Waals surface area contributed by atoms with Crippen LogP contribution in [0, 0.1) is 0 Å². The lowest BCUT2D eigenvalue weighted by molar-refractivity contribution is -0.150. The number of aliphatic hydroxyl groups is 1. The van der Waals surface area contributed by atoms with Crippen LogP contribution in [0.25, 0.3) is 0 Å². The molecule has 0 bridgehead atoms. The highest BCUT2D eigenvalue weighted by molar-refractivity contribution is 5.69. The van der Waals surface area contributed by atoms with Gasteiger partial charge in [-0.1, -0.05) is 104 Å². The fourth-order valence-corrected chi connectivity index (χ4v) is 5.13. The molecule has 1 N–H and O–H groups in total. The van der Waals surface area contributed by atoms with Crippen LogP contribution in [-0.4, -0.2) is 60.9 Å². The van der Waals surface area contributed by atoms with Crippen molar-refractivity contribution < 1.29 is 24.2 Å². The van der Waals surface area contributed by atoms with Crippen LogP contribution < -0.4 is 0 Å². The van der Waals surface area contributed by atoms with Crippen molar-refractivity contribution in [1.29, 1.82) is 0 Å². The largest absolute Gasteiger partial charge is 0.466 e. The van der Waals surface area contributed by atoms with Gasteiger partial charge in [-0.15, -0.1) is 0 Å². The summed E-state index contributed by atoms with van der Waals surface area (Å²) in [5, 5.41) is 9.47. The van der Waals surface area contributed by atoms with Gasteiger partial charge in [-0.25, -0.2) is 0 Å². The molecule has 0 rings (SSSR count). The van der Waals surface area contributed by atoms with E-state index in [4.69, 9.17) is 9.47 Å². The molecule has 40 heavy (non-hydrogen) atoms. The van der Waals surface area contributed by atoms with Gasteiger partial charge in [-0.3, -0.25) is 9.59 Å². The Balaban J connectivity index is 4.25. The van der Waals surface area contributed by atoms with Crippen molar-refractivity contribution in [2.24, 2.45) is 0 Å². The van der Waals surface area contributed by atoms with E-state index in [9.17, 15) is 14.7 Å². The molecule has 0 aliphatic heterocycles. The summed E-state index contributed by atoms with van der Waals surface area (Å²) in [6, 6.07) is 0. The molecule has 0 fully saturated rings. The predicted octanol–water partition coefficient (Wildman–Crippen LogP) is 8.77. The molecule has 0 saturated heterocycles. The predicted molar refractivity (Wildman–Crippen MR) is 168 cm³/mol. The molecule has 6 heteroatoms. The molecule has 0 spiro atoms. The van der Waals surface area contributed by atoms with Crippen LogP contribution in [-0.2, 0) is 19.1 Å². The van der Waals surface area contributed by atoms with Crippen LogP contribution >= 0.6 is 0 Å². The minimum absolute atomic E-state index is 0.0663. The maximum Gasteiger partial charge on any atom is 0.306 e. The Hall–Kier alpha value is -1.14. The first-order valence-corrected chi connectivity index (χ1v) is 17.3. The third-order valence-electron chi connectivity index (χ3n) is 7.70. The van der Waals surface area contributed by atoms with Crippen molar-refractivity contribution in [3.8, 4) is 0 Å². The van der Waals surface area contributed by atoms with Gasteiger partial charge in [0.15, 0.2) is 0 Å². The van der Waals surface area contributed by atoms with Crippen LogP contribution in [0.15, 0.2) is 0 Å². The second-order valence-electron chi connectivity index (χ2n) is 11.6. The average molecular weight is 570 g/mol. The number of rotatable bonds is 31. The van der Waals surface area contributed by atoms with Crippen molar-refractivity contribution in [3.63, 3.8) is 0 Å². The Morgan fingerprint density at radius 1 is 0.575 bits per heavy atom. The lowest BCUT2D eigenvalue weighted by atomic mass is 10.0. The maximum absolute atomic E-state index is 12.7. The van der Waals surface area contributed by atoms with E-state index in [1.165, 1.54) is 64.2 Å². The Morgan fingerprint density at radius 2 is 1.07 bits per heavy atom. The topological polar surface area (TPSA) is 76.1 Å². The van der Waals surface area contributed by atoms with Crippen molar-refractivity contribution in [2.75, 3.05) is 32.8 Å². The molecule has 0 aliphatic rings. The van der Waals surface area contributed by atoms with Crippen LogP contribution in [0.5, 0.6) is 0 Å². The second kappa shape index (κ2) is 30.8. The van der Waals surface area contributed by atoms with Gasteiger partial charge in [0.1, 0.15) is 6.10 Å². The van der Waals surface area contributed by atoms with Crippen LogP contribution in [0.1, 0.15) is 168 Å². The molecule has 238 valence electrons. The summed E-state index contributed by atoms with van der Waals surface area (Å²) in [6.45, 7) is 9.57. The fourth-order valence-electron chi connectivity index (χ4n) is 5.13. The van der Waals surface area contributed by atoms with Crippen molar-refractivity contribution >= 4 is 11.9 Å². The lowest BCUT2D eigenvalue weighted by Crippen LogP contribution is -2.30. The summed E-state index contributed by atoms with van der Waals surface area (Å²) >= 11 is 0. The highest BCUT2D eigenvalue weighted by Gasteiger charge is 2.15. The molecule has 0 aromatic rings. The maximum atomic E-state index is 12.7. The molecule has 0 aromatic heterocycles. The van der Waals surface area contributed by atoms with Gasteiger partial charge in [0.05, 0.1) is 13.2 Å². The minimum atomic E-state index is -0.0897. The summed E-state index contributed by atoms with van der Waals surface area (Å²) in [7, 11) is 0. The highest BCUT2D eigenvalue weighted by Crippen LogP contribution is 2.18. The van der Waals surface area contributed by atoms with Gasteiger partial charge in [0, 0.05) is 19.4 Å². The van der Waals surface area contributed by atoms with Gasteiger partial charge in [-0.2, -0.15) is 0 Å². The SMILES string of the molecule is CCCCCCCCC(CCCCCCCC)OC(=O)CCCN(CCO)CCCCCC(=O)OCCCCC. The first-order chi connectivity index (χ1) is 19.6. The van der Waals surface area contributed by atoms with E-state index in [0.717, 1.165) is 83.7 Å². The van der Waals surface area contributed by atoms with Gasteiger partial charge < -0.3 is 19.5 Å². The third kappa shape index (κ3) is 27.1. The third-order valence-corrected chi connectivity index (χ3v) is 7.70. The Kier molecular flexibility index (Phi) is 29.9. The molecule has 0 amide bonds. The number of hydrogen-bond acceptors (Lipinski definition) is 6. The van der Waals surface area contributed by atoms with E-state index in [-0.39, 0.29) is 24.6 Å². The molecule has 0 aliphatic carbocycles. The molecular weight excluding hydrogens is 502 g/mol. The van der Waals surface area contributed by atoms with Crippen LogP contribution in [0.4, 0.5) is 0 Å². The molecule has 6 nitrogen and oxygen atoms in total. The highest BCUT2D eigenvalue weighted by atomic mass is 16.5. The fraction of sp³-hybridized carbons (Fsp3) is 0.941. The van der Waals surface area contributed by atoms with E-state index in [0.29, 0.717) is 26.0 Å². The Bertz CT molecular complexity index is 540. The summed E-state index contributed by atoms with van der Waals surface area (Å²) in [5.74, 6) is -0.156. The van der Waals surface area contributed by atoms with Crippen molar-refractivity contribution in [3.05, 3.63) is 0 Å². The number of carbonyl (C=O) groups excluding carboxylic acids is 2. The van der Waals surface area contributed by atoms with Gasteiger partial charge in [0.2, 0.25) is 0 Å². The molecular formula is C34H67NO5. The van der Waals surface area contributed by atoms with E-state index in [1.54, 1.807) is 0 Å². The lowest BCUT2D eigenvalue weighted by Gasteiger charge is -2.22. The summed E-state index contributed by atoms with van der Waals surface area (Å²) in [5.41, 5.74) is 0. The number of carbonyl (C=O) groups is 2. The number of nitrogens with zero attached hydrogens (tertiary/aromatic N) is 1. The zero-order chi connectivity index (χ0) is 29.5. The second-order valence-corrected chi connectivity index (χ2v) is 11.6. The van der Waals surface area contributed by atoms with Crippen molar-refractivity contribution in [2.45, 2.75) is 175 Å². The summed E-state index contributed by atoms with van der Waals surface area (Å²) in [4.78, 5) is 26.7. The number of unbranched alkanes of at least 4 members (excludes halogenated alkanes) is 14. The smallest absolute Gasteiger partial charge is 0.306 e. The number of esters is 2. The van der Waals surface area contributed by atoms with E-state index in [1.807, 2.05) is 0 Å². The van der Waals surface area contributed by atoms with Gasteiger partial charge in [-0.05, 0) is 64.5 Å². The zero-order valence-electron chi connectivity index (χ0n) is 26.9. The number of ether oxygens (including phenoxy) is 2. The molecule has 0 atom stereocenters. The van der Waals surface area contributed by atoms with Crippen LogP contribution in [0.3, 0.4) is 0 Å². The van der Waals surface area contributed by atoms with Crippen LogP contribution in [0.2, 0.25) is 0 Å². The Morgan fingerprint density at radius 3 is 1.68 bits per heavy atom. The molecule has 0 saturated carbocycles. The monoisotopic (exact) mass is 570 g/mol. The summed E-state index contributed by atoms with van der Waals surface area (Å²) in [6.07, 6.45) is 24.8. The quantitative estimate of drug-likeness (QED) is 0.0664. The Labute approximate surface area is 248 Å². The van der Waals surface area contributed by atoms with Gasteiger partial charge >= 0.3 is 11.9 Å². The first kappa shape index (κ1) is 38.9. The molecule has 0 unspecified atom stereocenters. The molecule has 0 aromatic carbocycles. The van der Waals surface area contributed by atoms with E-state index in [2.05, 4.69) is 25.7 Å². The first-order valence-electron chi connectivity index (χ1n) is 17.3. The standard InChI is InChI=1S/C34H67NO5/c1-4-7-10-12-14-17-23-32(24-18-15-13-11-8-5-2)40-34(38)26-22-28-35(29-30-36)27-20-16-19-25-33(37)39-31-21-9-6-3/h32,36H,4-31H2,1-3H3. The summed E-state index contributed by atoms with van der Waals surface area (Å²) < 4.78 is 11.2. The van der Waals surface area contributed by atoms with Gasteiger partial charge in [0.25, 0.3) is 0 Å². The molecule has 0 heterocycles. The normalized spacial score (nSPS) is 11.4. The number of aliphatic hydroxyl groups excluding tert-OH is 1. The molecule has 0 radical (unpaired) electrons.